The Hall–Kier alpha value is -2.46. The van der Waals surface area contributed by atoms with Gasteiger partial charge in [-0.2, -0.15) is 13.2 Å². The van der Waals surface area contributed by atoms with Crippen LogP contribution in [0.4, 0.5) is 24.5 Å². The molecule has 0 saturated heterocycles. The van der Waals surface area contributed by atoms with E-state index in [2.05, 4.69) is 10.0 Å². The van der Waals surface area contributed by atoms with Gasteiger partial charge in [-0.3, -0.25) is 9.52 Å². The molecule has 0 fully saturated rings. The second kappa shape index (κ2) is 10.0. The van der Waals surface area contributed by atoms with Crippen molar-refractivity contribution in [3.8, 4) is 0 Å². The van der Waals surface area contributed by atoms with E-state index >= 15 is 0 Å². The first-order valence-corrected chi connectivity index (χ1v) is 11.4. The molecule has 0 aromatic heterocycles. The van der Waals surface area contributed by atoms with Crippen LogP contribution in [0, 0.1) is 6.92 Å². The van der Waals surface area contributed by atoms with Crippen molar-refractivity contribution in [1.82, 2.24) is 0 Å². The molecular weight excluding hydrogens is 437 g/mol. The highest BCUT2D eigenvalue weighted by Gasteiger charge is 2.28. The third-order valence-electron chi connectivity index (χ3n) is 3.87. The van der Waals surface area contributed by atoms with E-state index in [4.69, 9.17) is 0 Å². The van der Waals surface area contributed by atoms with Crippen molar-refractivity contribution in [2.45, 2.75) is 30.7 Å². The van der Waals surface area contributed by atoms with Crippen LogP contribution in [0.25, 0.3) is 6.08 Å². The monoisotopic (exact) mass is 458 g/mol. The van der Waals surface area contributed by atoms with E-state index in [-0.39, 0.29) is 22.4 Å². The van der Waals surface area contributed by atoms with Gasteiger partial charge in [0, 0.05) is 16.7 Å². The second-order valence-corrected chi connectivity index (χ2v) is 9.32. The van der Waals surface area contributed by atoms with Crippen LogP contribution in [0.2, 0.25) is 0 Å². The number of sulfonamides is 1. The van der Waals surface area contributed by atoms with Crippen molar-refractivity contribution in [3.05, 3.63) is 59.7 Å². The van der Waals surface area contributed by atoms with E-state index in [1.165, 1.54) is 36.4 Å². The number of carbonyl (C=O) groups is 1. The normalized spacial score (nSPS) is 12.2. The van der Waals surface area contributed by atoms with Crippen LogP contribution in [0.1, 0.15) is 24.5 Å². The third kappa shape index (κ3) is 7.75. The molecule has 1 amide bonds. The summed E-state index contributed by atoms with van der Waals surface area (Å²) >= 11 is -0.207. The first-order chi connectivity index (χ1) is 14.0. The minimum absolute atomic E-state index is 0.00791. The standard InChI is InChI=1S/C20H21F3N2O3S2/c1-3-13-30(27,28)25-18-6-4-5-17(14(18)2)24-19(26)12-9-15-7-10-16(11-8-15)29-20(21,22)23/h4-12,25H,3,13H2,1-2H3,(H,24,26). The Labute approximate surface area is 177 Å². The predicted molar refractivity (Wildman–Crippen MR) is 115 cm³/mol. The summed E-state index contributed by atoms with van der Waals surface area (Å²) in [6.07, 6.45) is 3.20. The Morgan fingerprint density at radius 1 is 1.10 bits per heavy atom. The number of amides is 1. The van der Waals surface area contributed by atoms with Crippen LogP contribution in [0.3, 0.4) is 0 Å². The Balaban J connectivity index is 2.05. The van der Waals surface area contributed by atoms with Gasteiger partial charge in [-0.05, 0) is 66.6 Å². The average molecular weight is 459 g/mol. The fourth-order valence-electron chi connectivity index (χ4n) is 2.50. The molecule has 0 atom stereocenters. The summed E-state index contributed by atoms with van der Waals surface area (Å²) in [5.41, 5.74) is -2.41. The Bertz CT molecular complexity index is 1020. The lowest BCUT2D eigenvalue weighted by atomic mass is 10.1. The van der Waals surface area contributed by atoms with Gasteiger partial charge in [0.25, 0.3) is 0 Å². The van der Waals surface area contributed by atoms with E-state index in [1.807, 2.05) is 0 Å². The Morgan fingerprint density at radius 2 is 1.73 bits per heavy atom. The number of thioether (sulfide) groups is 1. The molecule has 0 bridgehead atoms. The highest BCUT2D eigenvalue weighted by Crippen LogP contribution is 2.36. The predicted octanol–water partition coefficient (Wildman–Crippen LogP) is 5.41. The van der Waals surface area contributed by atoms with Crippen molar-refractivity contribution >= 4 is 45.1 Å². The van der Waals surface area contributed by atoms with Crippen LogP contribution in [0.15, 0.2) is 53.4 Å². The lowest BCUT2D eigenvalue weighted by Crippen LogP contribution is -2.17. The zero-order valence-corrected chi connectivity index (χ0v) is 17.9. The number of hydrogen-bond acceptors (Lipinski definition) is 4. The molecule has 0 unspecified atom stereocenters. The number of hydrogen-bond donors (Lipinski definition) is 2. The van der Waals surface area contributed by atoms with Gasteiger partial charge in [0.05, 0.1) is 11.4 Å². The fraction of sp³-hybridized carbons (Fsp3) is 0.250. The zero-order valence-electron chi connectivity index (χ0n) is 16.3. The highest BCUT2D eigenvalue weighted by molar-refractivity contribution is 8.00. The molecule has 0 aliphatic rings. The molecule has 162 valence electrons. The van der Waals surface area contributed by atoms with E-state index in [9.17, 15) is 26.4 Å². The van der Waals surface area contributed by atoms with Gasteiger partial charge in [0.15, 0.2) is 0 Å². The lowest BCUT2D eigenvalue weighted by molar-refractivity contribution is -0.111. The van der Waals surface area contributed by atoms with Crippen molar-refractivity contribution < 1.29 is 26.4 Å². The summed E-state index contributed by atoms with van der Waals surface area (Å²) in [7, 11) is -3.46. The number of benzene rings is 2. The molecule has 5 nitrogen and oxygen atoms in total. The summed E-state index contributed by atoms with van der Waals surface area (Å²) in [5.74, 6) is -0.466. The van der Waals surface area contributed by atoms with Crippen molar-refractivity contribution in [1.29, 1.82) is 0 Å². The minimum Gasteiger partial charge on any atom is -0.322 e. The zero-order chi connectivity index (χ0) is 22.4. The number of carbonyl (C=O) groups excluding carboxylic acids is 1. The van der Waals surface area contributed by atoms with Crippen molar-refractivity contribution in [2.75, 3.05) is 15.8 Å². The van der Waals surface area contributed by atoms with Crippen LogP contribution >= 0.6 is 11.8 Å². The van der Waals surface area contributed by atoms with Crippen molar-refractivity contribution in [2.24, 2.45) is 0 Å². The van der Waals surface area contributed by atoms with Crippen LogP contribution in [0.5, 0.6) is 0 Å². The van der Waals surface area contributed by atoms with Crippen LogP contribution < -0.4 is 10.0 Å². The second-order valence-electron chi connectivity index (χ2n) is 6.34. The van der Waals surface area contributed by atoms with Gasteiger partial charge in [-0.15, -0.1) is 0 Å². The summed E-state index contributed by atoms with van der Waals surface area (Å²) in [4.78, 5) is 12.3. The summed E-state index contributed by atoms with van der Waals surface area (Å²) in [5, 5.41) is 2.67. The Morgan fingerprint density at radius 3 is 2.33 bits per heavy atom. The summed E-state index contributed by atoms with van der Waals surface area (Å²) in [6, 6.07) is 10.5. The molecule has 2 rings (SSSR count). The number of nitrogens with one attached hydrogen (secondary N) is 2. The van der Waals surface area contributed by atoms with Gasteiger partial charge in [-0.1, -0.05) is 25.1 Å². The average Bonchev–Trinajstić information content (AvgIpc) is 2.63. The van der Waals surface area contributed by atoms with Crippen LogP contribution in [-0.2, 0) is 14.8 Å². The van der Waals surface area contributed by atoms with Crippen molar-refractivity contribution in [3.63, 3.8) is 0 Å². The van der Waals surface area contributed by atoms with Gasteiger partial charge >= 0.3 is 5.51 Å². The van der Waals surface area contributed by atoms with Crippen LogP contribution in [-0.4, -0.2) is 25.6 Å². The van der Waals surface area contributed by atoms with Gasteiger partial charge < -0.3 is 5.32 Å². The molecule has 30 heavy (non-hydrogen) atoms. The van der Waals surface area contributed by atoms with E-state index < -0.39 is 21.4 Å². The molecule has 0 aliphatic heterocycles. The topological polar surface area (TPSA) is 75.3 Å². The fourth-order valence-corrected chi connectivity index (χ4v) is 4.23. The number of alkyl halides is 3. The Kier molecular flexibility index (Phi) is 7.96. The molecule has 2 N–H and O–H groups in total. The van der Waals surface area contributed by atoms with E-state index in [0.717, 1.165) is 0 Å². The maximum atomic E-state index is 12.4. The van der Waals surface area contributed by atoms with Gasteiger partial charge in [0.1, 0.15) is 0 Å². The molecule has 0 saturated carbocycles. The maximum Gasteiger partial charge on any atom is 0.446 e. The molecule has 0 aliphatic carbocycles. The quantitative estimate of drug-likeness (QED) is 0.410. The van der Waals surface area contributed by atoms with Gasteiger partial charge in [-0.25, -0.2) is 8.42 Å². The molecular formula is C20H21F3N2O3S2. The molecule has 2 aromatic carbocycles. The van der Waals surface area contributed by atoms with Gasteiger partial charge in [0.2, 0.25) is 15.9 Å². The SMILES string of the molecule is CCCS(=O)(=O)Nc1cccc(NC(=O)C=Cc2ccc(SC(F)(F)F)cc2)c1C. The molecule has 0 heterocycles. The third-order valence-corrected chi connectivity index (χ3v) is 6.09. The highest BCUT2D eigenvalue weighted by atomic mass is 32.2. The summed E-state index contributed by atoms with van der Waals surface area (Å²) < 4.78 is 63.5. The molecule has 0 radical (unpaired) electrons. The van der Waals surface area contributed by atoms with E-state index in [0.29, 0.717) is 28.9 Å². The molecule has 2 aromatic rings. The first kappa shape index (κ1) is 23.8. The minimum atomic E-state index is -4.35. The van der Waals surface area contributed by atoms with E-state index in [1.54, 1.807) is 32.0 Å². The number of halogens is 3. The number of anilines is 2. The smallest absolute Gasteiger partial charge is 0.322 e. The first-order valence-electron chi connectivity index (χ1n) is 8.94. The molecule has 10 heteroatoms. The largest absolute Gasteiger partial charge is 0.446 e. The lowest BCUT2D eigenvalue weighted by Gasteiger charge is -2.13. The number of rotatable bonds is 8. The summed E-state index contributed by atoms with van der Waals surface area (Å²) in [6.45, 7) is 3.44. The molecule has 0 spiro atoms. The maximum absolute atomic E-state index is 12.4.